The van der Waals surface area contributed by atoms with Crippen molar-refractivity contribution in [3.8, 4) is 0 Å². The molecule has 1 aromatic carbocycles. The van der Waals surface area contributed by atoms with E-state index in [1.807, 2.05) is 6.07 Å². The van der Waals surface area contributed by atoms with E-state index in [1.165, 1.54) is 6.07 Å². The second kappa shape index (κ2) is 7.68. The van der Waals surface area contributed by atoms with Gasteiger partial charge in [0.05, 0.1) is 0 Å². The van der Waals surface area contributed by atoms with E-state index in [1.54, 1.807) is 17.0 Å². The van der Waals surface area contributed by atoms with E-state index in [2.05, 4.69) is 4.90 Å². The maximum absolute atomic E-state index is 13.5. The van der Waals surface area contributed by atoms with E-state index >= 15 is 0 Å². The van der Waals surface area contributed by atoms with Crippen molar-refractivity contribution in [3.05, 3.63) is 35.6 Å². The number of benzene rings is 1. The van der Waals surface area contributed by atoms with Crippen LogP contribution in [-0.4, -0.2) is 47.8 Å². The third-order valence-electron chi connectivity index (χ3n) is 3.19. The van der Waals surface area contributed by atoms with Gasteiger partial charge in [0.15, 0.2) is 0 Å². The molecule has 0 unspecified atom stereocenters. The minimum absolute atomic E-state index is 0. The number of amides is 1. The Bertz CT molecular complexity index is 423. The molecule has 106 valence electrons. The van der Waals surface area contributed by atoms with Gasteiger partial charge in [0.25, 0.3) is 0 Å². The largest absolute Gasteiger partial charge is 1.00 e. The van der Waals surface area contributed by atoms with Gasteiger partial charge in [-0.25, -0.2) is 4.39 Å². The van der Waals surface area contributed by atoms with Gasteiger partial charge in [0, 0.05) is 38.3 Å². The molecule has 3 nitrogen and oxygen atoms in total. The van der Waals surface area contributed by atoms with Gasteiger partial charge in [-0.15, -0.1) is 11.6 Å². The maximum Gasteiger partial charge on any atom is 0.237 e. The summed E-state index contributed by atoms with van der Waals surface area (Å²) in [6.07, 6.45) is 0. The lowest BCUT2D eigenvalue weighted by Crippen LogP contribution is -3.00. The van der Waals surface area contributed by atoms with Gasteiger partial charge in [-0.3, -0.25) is 9.69 Å². The van der Waals surface area contributed by atoms with Crippen LogP contribution in [0.3, 0.4) is 0 Å². The normalized spacial score (nSPS) is 16.0. The monoisotopic (exact) mass is 305 g/mol. The predicted octanol–water partition coefficient (Wildman–Crippen LogP) is -1.29. The average molecular weight is 306 g/mol. The third kappa shape index (κ3) is 4.34. The molecule has 0 aliphatic carbocycles. The zero-order chi connectivity index (χ0) is 13.0. The van der Waals surface area contributed by atoms with Crippen LogP contribution in [0.1, 0.15) is 5.56 Å². The van der Waals surface area contributed by atoms with Gasteiger partial charge >= 0.3 is 0 Å². The van der Waals surface area contributed by atoms with Crippen molar-refractivity contribution in [3.63, 3.8) is 0 Å². The highest BCUT2D eigenvalue weighted by molar-refractivity contribution is 6.27. The molecule has 1 fully saturated rings. The first-order chi connectivity index (χ1) is 8.70. The molecule has 0 N–H and O–H groups in total. The lowest BCUT2D eigenvalue weighted by Gasteiger charge is -2.34. The molecule has 0 bridgehead atoms. The second-order valence-electron chi connectivity index (χ2n) is 4.38. The molecule has 1 heterocycles. The molecule has 19 heavy (non-hydrogen) atoms. The fourth-order valence-corrected chi connectivity index (χ4v) is 2.28. The van der Waals surface area contributed by atoms with Gasteiger partial charge in [-0.1, -0.05) is 18.2 Å². The number of hydrogen-bond acceptors (Lipinski definition) is 2. The molecule has 1 aliphatic rings. The van der Waals surface area contributed by atoms with Crippen molar-refractivity contribution in [2.45, 2.75) is 6.54 Å². The Morgan fingerprint density at radius 2 is 1.84 bits per heavy atom. The quantitative estimate of drug-likeness (QED) is 0.649. The number of nitrogens with zero attached hydrogens (tertiary/aromatic N) is 2. The molecule has 0 aromatic heterocycles. The van der Waals surface area contributed by atoms with Crippen molar-refractivity contribution >= 4 is 17.5 Å². The molecule has 1 saturated heterocycles. The molecular weight excluding hydrogens is 290 g/mol. The summed E-state index contributed by atoms with van der Waals surface area (Å²) in [4.78, 5) is 15.3. The summed E-state index contributed by atoms with van der Waals surface area (Å²) in [5, 5.41) is 0. The Morgan fingerprint density at radius 1 is 1.21 bits per heavy atom. The van der Waals surface area contributed by atoms with Gasteiger partial charge in [0.1, 0.15) is 11.7 Å². The molecular formula is C13H16Cl2FN2O-. The third-order valence-corrected chi connectivity index (χ3v) is 3.42. The fraction of sp³-hybridized carbons (Fsp3) is 0.462. The molecule has 0 atom stereocenters. The SMILES string of the molecule is O=C(CCl)N1CCN(Cc2ccccc2F)CC1.[Cl-]. The van der Waals surface area contributed by atoms with E-state index in [4.69, 9.17) is 11.6 Å². The summed E-state index contributed by atoms with van der Waals surface area (Å²) >= 11 is 5.52. The second-order valence-corrected chi connectivity index (χ2v) is 4.65. The first kappa shape index (κ1) is 16.2. The molecule has 2 rings (SSSR count). The molecule has 0 spiro atoms. The van der Waals surface area contributed by atoms with Crippen molar-refractivity contribution in [1.82, 2.24) is 9.80 Å². The van der Waals surface area contributed by atoms with Gasteiger partial charge < -0.3 is 17.3 Å². The Balaban J connectivity index is 0.00000180. The Hall–Kier alpha value is -0.840. The lowest BCUT2D eigenvalue weighted by atomic mass is 10.2. The summed E-state index contributed by atoms with van der Waals surface area (Å²) in [6.45, 7) is 3.45. The summed E-state index contributed by atoms with van der Waals surface area (Å²) in [6, 6.07) is 6.80. The van der Waals surface area contributed by atoms with Crippen LogP contribution < -0.4 is 12.4 Å². The molecule has 1 aromatic rings. The van der Waals surface area contributed by atoms with E-state index in [0.29, 0.717) is 25.2 Å². The lowest BCUT2D eigenvalue weighted by molar-refractivity contribution is -0.130. The highest BCUT2D eigenvalue weighted by Gasteiger charge is 2.20. The van der Waals surface area contributed by atoms with Crippen molar-refractivity contribution < 1.29 is 21.6 Å². The van der Waals surface area contributed by atoms with Gasteiger partial charge in [0.2, 0.25) is 5.91 Å². The predicted molar refractivity (Wildman–Crippen MR) is 69.0 cm³/mol. The van der Waals surface area contributed by atoms with E-state index in [-0.39, 0.29) is 30.0 Å². The Kier molecular flexibility index (Phi) is 6.55. The zero-order valence-corrected chi connectivity index (χ0v) is 12.0. The molecule has 1 aliphatic heterocycles. The van der Waals surface area contributed by atoms with Crippen molar-refractivity contribution in [2.24, 2.45) is 0 Å². The maximum atomic E-state index is 13.5. The number of carbonyl (C=O) groups excluding carboxylic acids is 1. The van der Waals surface area contributed by atoms with Crippen LogP contribution in [0.5, 0.6) is 0 Å². The van der Waals surface area contributed by atoms with E-state index in [0.717, 1.165) is 13.1 Å². The van der Waals surface area contributed by atoms with Gasteiger partial charge in [-0.05, 0) is 6.07 Å². The average Bonchev–Trinajstić information content (AvgIpc) is 2.41. The standard InChI is InChI=1S/C13H16ClFN2O.ClH/c14-9-13(18)17-7-5-16(6-8-17)10-11-3-1-2-4-12(11)15;/h1-4H,5-10H2;1H/p-1. The summed E-state index contributed by atoms with van der Waals surface area (Å²) in [7, 11) is 0. The van der Waals surface area contributed by atoms with Crippen molar-refractivity contribution in [2.75, 3.05) is 32.1 Å². The first-order valence-corrected chi connectivity index (χ1v) is 6.53. The Labute approximate surface area is 123 Å². The topological polar surface area (TPSA) is 23.6 Å². The number of rotatable bonds is 3. The van der Waals surface area contributed by atoms with Crippen LogP contribution in [0.4, 0.5) is 4.39 Å². The molecule has 1 amide bonds. The van der Waals surface area contributed by atoms with Crippen molar-refractivity contribution in [1.29, 1.82) is 0 Å². The van der Waals surface area contributed by atoms with Gasteiger partial charge in [-0.2, -0.15) is 0 Å². The smallest absolute Gasteiger partial charge is 0.237 e. The van der Waals surface area contributed by atoms with Crippen LogP contribution in [-0.2, 0) is 11.3 Å². The van der Waals surface area contributed by atoms with E-state index in [9.17, 15) is 9.18 Å². The Morgan fingerprint density at radius 3 is 2.42 bits per heavy atom. The van der Waals surface area contributed by atoms with Crippen LogP contribution >= 0.6 is 11.6 Å². The highest BCUT2D eigenvalue weighted by Crippen LogP contribution is 2.12. The molecule has 0 radical (unpaired) electrons. The fourth-order valence-electron chi connectivity index (χ4n) is 2.11. The molecule has 6 heteroatoms. The zero-order valence-electron chi connectivity index (χ0n) is 10.5. The summed E-state index contributed by atoms with van der Waals surface area (Å²) in [5.74, 6) is -0.160. The summed E-state index contributed by atoms with van der Waals surface area (Å²) in [5.41, 5.74) is 0.703. The van der Waals surface area contributed by atoms with Crippen LogP contribution in [0.15, 0.2) is 24.3 Å². The minimum atomic E-state index is -0.170. The highest BCUT2D eigenvalue weighted by atomic mass is 35.5. The number of hydrogen-bond donors (Lipinski definition) is 0. The first-order valence-electron chi connectivity index (χ1n) is 6.00. The number of carbonyl (C=O) groups is 1. The van der Waals surface area contributed by atoms with Crippen LogP contribution in [0.25, 0.3) is 0 Å². The number of alkyl halides is 1. The minimum Gasteiger partial charge on any atom is -1.00 e. The van der Waals surface area contributed by atoms with E-state index < -0.39 is 0 Å². The number of piperazine rings is 1. The summed E-state index contributed by atoms with van der Waals surface area (Å²) < 4.78 is 13.5. The molecule has 0 saturated carbocycles. The van der Waals surface area contributed by atoms with Crippen LogP contribution in [0, 0.1) is 5.82 Å². The number of halogens is 3. The van der Waals surface area contributed by atoms with Crippen LogP contribution in [0.2, 0.25) is 0 Å².